The second kappa shape index (κ2) is 4.04. The minimum absolute atomic E-state index is 0.0284. The van der Waals surface area contributed by atoms with Crippen molar-refractivity contribution in [1.29, 1.82) is 0 Å². The maximum Gasteiger partial charge on any atom is 0.232 e. The van der Waals surface area contributed by atoms with Gasteiger partial charge in [0.05, 0.1) is 14.2 Å². The smallest absolute Gasteiger partial charge is 0.232 e. The molecule has 0 amide bonds. The number of aromatic nitrogens is 2. The van der Waals surface area contributed by atoms with E-state index in [4.69, 9.17) is 21.1 Å². The van der Waals surface area contributed by atoms with Gasteiger partial charge in [0, 0.05) is 0 Å². The third-order valence-corrected chi connectivity index (χ3v) is 1.52. The molecule has 0 atom stereocenters. The highest BCUT2D eigenvalue weighted by atomic mass is 35.5. The maximum atomic E-state index is 10.6. The molecular formula is C7H7ClN2O3. The van der Waals surface area contributed by atoms with Crippen LogP contribution in [0.15, 0.2) is 0 Å². The number of aldehydes is 1. The zero-order valence-electron chi connectivity index (χ0n) is 7.07. The van der Waals surface area contributed by atoms with E-state index >= 15 is 0 Å². The van der Waals surface area contributed by atoms with Crippen molar-refractivity contribution >= 4 is 17.9 Å². The summed E-state index contributed by atoms with van der Waals surface area (Å²) in [6, 6.07) is 0. The van der Waals surface area contributed by atoms with Gasteiger partial charge in [0.25, 0.3) is 0 Å². The SMILES string of the molecule is COc1nc(Cl)nc(OC)c1C=O. The molecule has 0 radical (unpaired) electrons. The van der Waals surface area contributed by atoms with Gasteiger partial charge in [-0.2, -0.15) is 9.97 Å². The number of nitrogens with zero attached hydrogens (tertiary/aromatic N) is 2. The molecule has 0 aliphatic rings. The van der Waals surface area contributed by atoms with Crippen LogP contribution < -0.4 is 9.47 Å². The van der Waals surface area contributed by atoms with E-state index in [1.807, 2.05) is 0 Å². The Morgan fingerprint density at radius 1 is 1.23 bits per heavy atom. The number of methoxy groups -OCH3 is 2. The Balaban J connectivity index is 3.33. The van der Waals surface area contributed by atoms with E-state index in [1.165, 1.54) is 14.2 Å². The average Bonchev–Trinajstić information content (AvgIpc) is 2.16. The number of hydrogen-bond donors (Lipinski definition) is 0. The van der Waals surface area contributed by atoms with E-state index in [-0.39, 0.29) is 22.6 Å². The minimum Gasteiger partial charge on any atom is -0.480 e. The van der Waals surface area contributed by atoms with Crippen molar-refractivity contribution in [1.82, 2.24) is 9.97 Å². The number of carbonyl (C=O) groups excluding carboxylic acids is 1. The van der Waals surface area contributed by atoms with Crippen LogP contribution in [0.3, 0.4) is 0 Å². The van der Waals surface area contributed by atoms with Crippen molar-refractivity contribution < 1.29 is 14.3 Å². The van der Waals surface area contributed by atoms with Gasteiger partial charge >= 0.3 is 0 Å². The summed E-state index contributed by atoms with van der Waals surface area (Å²) in [5.41, 5.74) is 0.148. The largest absolute Gasteiger partial charge is 0.480 e. The lowest BCUT2D eigenvalue weighted by Crippen LogP contribution is -2.01. The standard InChI is InChI=1S/C7H7ClN2O3/c1-12-5-4(3-11)6(13-2)10-7(8)9-5/h3H,1-2H3. The topological polar surface area (TPSA) is 61.3 Å². The summed E-state index contributed by atoms with van der Waals surface area (Å²) in [4.78, 5) is 18.0. The summed E-state index contributed by atoms with van der Waals surface area (Å²) < 4.78 is 9.63. The van der Waals surface area contributed by atoms with Crippen molar-refractivity contribution in [2.75, 3.05) is 14.2 Å². The lowest BCUT2D eigenvalue weighted by Gasteiger charge is -2.05. The quantitative estimate of drug-likeness (QED) is 0.540. The predicted octanol–water partition coefficient (Wildman–Crippen LogP) is 0.960. The molecule has 0 spiro atoms. The number of rotatable bonds is 3. The third-order valence-electron chi connectivity index (χ3n) is 1.35. The Kier molecular flexibility index (Phi) is 3.02. The monoisotopic (exact) mass is 202 g/mol. The fourth-order valence-electron chi connectivity index (χ4n) is 0.817. The zero-order valence-corrected chi connectivity index (χ0v) is 7.83. The van der Waals surface area contributed by atoms with Gasteiger partial charge < -0.3 is 9.47 Å². The van der Waals surface area contributed by atoms with E-state index in [0.717, 1.165) is 0 Å². The normalized spacial score (nSPS) is 9.46. The summed E-state index contributed by atoms with van der Waals surface area (Å²) in [5, 5.41) is -0.0284. The second-order valence-corrected chi connectivity index (χ2v) is 2.38. The molecule has 6 heteroatoms. The molecular weight excluding hydrogens is 196 g/mol. The van der Waals surface area contributed by atoms with Gasteiger partial charge in [-0.05, 0) is 11.6 Å². The first-order chi connectivity index (χ1) is 6.22. The molecule has 0 N–H and O–H groups in total. The molecule has 70 valence electrons. The lowest BCUT2D eigenvalue weighted by atomic mass is 10.3. The molecule has 13 heavy (non-hydrogen) atoms. The van der Waals surface area contributed by atoms with Crippen LogP contribution in [0.25, 0.3) is 0 Å². The van der Waals surface area contributed by atoms with E-state index < -0.39 is 0 Å². The molecule has 0 unspecified atom stereocenters. The van der Waals surface area contributed by atoms with Gasteiger partial charge in [0.15, 0.2) is 6.29 Å². The van der Waals surface area contributed by atoms with Crippen molar-refractivity contribution in [3.63, 3.8) is 0 Å². The number of carbonyl (C=O) groups is 1. The van der Waals surface area contributed by atoms with Crippen LogP contribution in [-0.4, -0.2) is 30.5 Å². The summed E-state index contributed by atoms with van der Waals surface area (Å²) in [5.74, 6) is 0.207. The minimum atomic E-state index is -0.0284. The average molecular weight is 203 g/mol. The van der Waals surface area contributed by atoms with Crippen molar-refractivity contribution in [2.45, 2.75) is 0 Å². The molecule has 1 heterocycles. The molecule has 0 aliphatic carbocycles. The van der Waals surface area contributed by atoms with Gasteiger partial charge in [0.1, 0.15) is 5.56 Å². The van der Waals surface area contributed by atoms with Crippen LogP contribution in [0.1, 0.15) is 10.4 Å². The van der Waals surface area contributed by atoms with Gasteiger partial charge in [-0.3, -0.25) is 4.79 Å². The third kappa shape index (κ3) is 1.86. The Morgan fingerprint density at radius 3 is 2.00 bits per heavy atom. The van der Waals surface area contributed by atoms with Crippen LogP contribution >= 0.6 is 11.6 Å². The van der Waals surface area contributed by atoms with Crippen LogP contribution in [0.2, 0.25) is 5.28 Å². The Labute approximate surface area is 79.7 Å². The molecule has 1 aromatic heterocycles. The zero-order chi connectivity index (χ0) is 9.84. The van der Waals surface area contributed by atoms with E-state index in [0.29, 0.717) is 6.29 Å². The Morgan fingerprint density at radius 2 is 1.69 bits per heavy atom. The summed E-state index contributed by atoms with van der Waals surface area (Å²) in [6.45, 7) is 0. The summed E-state index contributed by atoms with van der Waals surface area (Å²) >= 11 is 5.54. The highest BCUT2D eigenvalue weighted by Crippen LogP contribution is 2.23. The molecule has 0 bridgehead atoms. The van der Waals surface area contributed by atoms with E-state index in [2.05, 4.69) is 9.97 Å². The van der Waals surface area contributed by atoms with Crippen LogP contribution in [-0.2, 0) is 0 Å². The molecule has 0 aromatic carbocycles. The van der Waals surface area contributed by atoms with Crippen LogP contribution in [0, 0.1) is 0 Å². The van der Waals surface area contributed by atoms with Crippen molar-refractivity contribution in [2.24, 2.45) is 0 Å². The Bertz CT molecular complexity index is 305. The fourth-order valence-corrected chi connectivity index (χ4v) is 0.970. The molecule has 1 rings (SSSR count). The van der Waals surface area contributed by atoms with E-state index in [1.54, 1.807) is 0 Å². The first-order valence-electron chi connectivity index (χ1n) is 3.33. The molecule has 5 nitrogen and oxygen atoms in total. The molecule has 0 saturated carbocycles. The molecule has 0 aliphatic heterocycles. The first kappa shape index (κ1) is 9.73. The second-order valence-electron chi connectivity index (χ2n) is 2.04. The Hall–Kier alpha value is -1.36. The van der Waals surface area contributed by atoms with Gasteiger partial charge in [0.2, 0.25) is 17.0 Å². The summed E-state index contributed by atoms with van der Waals surface area (Å²) in [6.07, 6.45) is 0.550. The highest BCUT2D eigenvalue weighted by molar-refractivity contribution is 6.28. The number of halogens is 1. The fraction of sp³-hybridized carbons (Fsp3) is 0.286. The van der Waals surface area contributed by atoms with Gasteiger partial charge in [-0.1, -0.05) is 0 Å². The number of hydrogen-bond acceptors (Lipinski definition) is 5. The first-order valence-corrected chi connectivity index (χ1v) is 3.71. The van der Waals surface area contributed by atoms with Crippen LogP contribution in [0.5, 0.6) is 11.8 Å². The lowest BCUT2D eigenvalue weighted by molar-refractivity contribution is 0.111. The predicted molar refractivity (Wildman–Crippen MR) is 45.5 cm³/mol. The van der Waals surface area contributed by atoms with Gasteiger partial charge in [-0.15, -0.1) is 0 Å². The highest BCUT2D eigenvalue weighted by Gasteiger charge is 2.13. The molecule has 0 saturated heterocycles. The van der Waals surface area contributed by atoms with E-state index in [9.17, 15) is 4.79 Å². The number of ether oxygens (including phenoxy) is 2. The molecule has 0 fully saturated rings. The molecule has 1 aromatic rings. The van der Waals surface area contributed by atoms with Crippen molar-refractivity contribution in [3.8, 4) is 11.8 Å². The van der Waals surface area contributed by atoms with Crippen LogP contribution in [0.4, 0.5) is 0 Å². The summed E-state index contributed by atoms with van der Waals surface area (Å²) in [7, 11) is 2.76. The maximum absolute atomic E-state index is 10.6. The van der Waals surface area contributed by atoms with Gasteiger partial charge in [-0.25, -0.2) is 0 Å². The van der Waals surface area contributed by atoms with Crippen molar-refractivity contribution in [3.05, 3.63) is 10.8 Å².